The number of rotatable bonds is 6. The molecule has 1 saturated heterocycles. The molecule has 96 valence electrons. The second-order valence-electron chi connectivity index (χ2n) is 4.21. The summed E-state index contributed by atoms with van der Waals surface area (Å²) in [5, 5.41) is 3.37. The molecule has 0 aromatic heterocycles. The van der Waals surface area contributed by atoms with Crippen molar-refractivity contribution >= 4 is 10.2 Å². The minimum atomic E-state index is -3.28. The predicted octanol–water partition coefficient (Wildman–Crippen LogP) is 0.305. The fourth-order valence-electron chi connectivity index (χ4n) is 2.01. The number of piperidine rings is 1. The zero-order valence-electron chi connectivity index (χ0n) is 10.2. The lowest BCUT2D eigenvalue weighted by atomic mass is 10.1. The molecule has 1 aliphatic rings. The lowest BCUT2D eigenvalue weighted by Gasteiger charge is -2.29. The minimum absolute atomic E-state index is 0.309. The highest BCUT2D eigenvalue weighted by atomic mass is 32.2. The molecule has 0 aliphatic carbocycles. The molecule has 5 nitrogen and oxygen atoms in total. The van der Waals surface area contributed by atoms with Crippen LogP contribution in [-0.2, 0) is 10.2 Å². The van der Waals surface area contributed by atoms with Crippen molar-refractivity contribution in [2.45, 2.75) is 38.6 Å². The highest BCUT2D eigenvalue weighted by Gasteiger charge is 2.23. The van der Waals surface area contributed by atoms with Crippen molar-refractivity contribution in [2.24, 2.45) is 0 Å². The van der Waals surface area contributed by atoms with Gasteiger partial charge in [-0.25, -0.2) is 4.72 Å². The molecular formula is C10H23N3O2S. The first-order valence-electron chi connectivity index (χ1n) is 6.02. The van der Waals surface area contributed by atoms with Crippen molar-refractivity contribution in [2.75, 3.05) is 26.7 Å². The van der Waals surface area contributed by atoms with Crippen molar-refractivity contribution in [3.63, 3.8) is 0 Å². The normalized spacial score (nSPS) is 22.6. The second kappa shape index (κ2) is 6.54. The number of hydrogen-bond acceptors (Lipinski definition) is 3. The SMILES string of the molecule is CCCN(CC1CCCCN1)S(=O)(=O)NC. The van der Waals surface area contributed by atoms with Crippen molar-refractivity contribution in [1.29, 1.82) is 0 Å². The van der Waals surface area contributed by atoms with Gasteiger partial charge in [-0.3, -0.25) is 0 Å². The first-order valence-corrected chi connectivity index (χ1v) is 7.46. The third-order valence-corrected chi connectivity index (χ3v) is 4.43. The van der Waals surface area contributed by atoms with Crippen LogP contribution in [0, 0.1) is 0 Å². The summed E-state index contributed by atoms with van der Waals surface area (Å²) < 4.78 is 27.4. The molecule has 16 heavy (non-hydrogen) atoms. The third kappa shape index (κ3) is 4.01. The Morgan fingerprint density at radius 3 is 2.69 bits per heavy atom. The van der Waals surface area contributed by atoms with Crippen molar-refractivity contribution < 1.29 is 8.42 Å². The van der Waals surface area contributed by atoms with Crippen LogP contribution in [0.3, 0.4) is 0 Å². The molecule has 1 fully saturated rings. The summed E-state index contributed by atoms with van der Waals surface area (Å²) in [6, 6.07) is 0.309. The molecule has 0 amide bonds. The Balaban J connectivity index is 2.56. The molecule has 1 heterocycles. The number of nitrogens with one attached hydrogen (secondary N) is 2. The summed E-state index contributed by atoms with van der Waals surface area (Å²) in [4.78, 5) is 0. The minimum Gasteiger partial charge on any atom is -0.313 e. The molecule has 0 saturated carbocycles. The number of nitrogens with zero attached hydrogens (tertiary/aromatic N) is 1. The highest BCUT2D eigenvalue weighted by molar-refractivity contribution is 7.87. The van der Waals surface area contributed by atoms with Gasteiger partial charge in [-0.05, 0) is 25.8 Å². The van der Waals surface area contributed by atoms with Crippen LogP contribution >= 0.6 is 0 Å². The van der Waals surface area contributed by atoms with Gasteiger partial charge in [-0.2, -0.15) is 12.7 Å². The molecular weight excluding hydrogens is 226 g/mol. The van der Waals surface area contributed by atoms with Gasteiger partial charge in [-0.1, -0.05) is 13.3 Å². The van der Waals surface area contributed by atoms with Gasteiger partial charge >= 0.3 is 0 Å². The molecule has 0 aromatic rings. The van der Waals surface area contributed by atoms with E-state index in [1.807, 2.05) is 6.92 Å². The lowest BCUT2D eigenvalue weighted by Crippen LogP contribution is -2.48. The summed E-state index contributed by atoms with van der Waals surface area (Å²) in [5.74, 6) is 0. The highest BCUT2D eigenvalue weighted by Crippen LogP contribution is 2.10. The largest absolute Gasteiger partial charge is 0.313 e. The van der Waals surface area contributed by atoms with Gasteiger partial charge in [0.15, 0.2) is 0 Å². The Morgan fingerprint density at radius 1 is 1.44 bits per heavy atom. The molecule has 0 radical (unpaired) electrons. The molecule has 0 aromatic carbocycles. The Kier molecular flexibility index (Phi) is 5.68. The second-order valence-corrected chi connectivity index (χ2v) is 6.09. The first-order chi connectivity index (χ1) is 7.60. The molecule has 1 unspecified atom stereocenters. The van der Waals surface area contributed by atoms with E-state index in [-0.39, 0.29) is 0 Å². The van der Waals surface area contributed by atoms with Gasteiger partial charge < -0.3 is 5.32 Å². The van der Waals surface area contributed by atoms with E-state index in [9.17, 15) is 8.42 Å². The van der Waals surface area contributed by atoms with E-state index in [0.717, 1.165) is 19.4 Å². The van der Waals surface area contributed by atoms with E-state index in [1.54, 1.807) is 0 Å². The van der Waals surface area contributed by atoms with E-state index in [4.69, 9.17) is 0 Å². The van der Waals surface area contributed by atoms with Crippen LogP contribution in [0.15, 0.2) is 0 Å². The van der Waals surface area contributed by atoms with E-state index in [0.29, 0.717) is 19.1 Å². The predicted molar refractivity (Wildman–Crippen MR) is 65.5 cm³/mol. The fraction of sp³-hybridized carbons (Fsp3) is 1.00. The quantitative estimate of drug-likeness (QED) is 0.712. The molecule has 1 atom stereocenters. The van der Waals surface area contributed by atoms with Crippen LogP contribution < -0.4 is 10.0 Å². The van der Waals surface area contributed by atoms with Crippen LogP contribution in [0.5, 0.6) is 0 Å². The standard InChI is InChI=1S/C10H23N3O2S/c1-3-8-13(16(14,15)11-2)9-10-6-4-5-7-12-10/h10-12H,3-9H2,1-2H3. The van der Waals surface area contributed by atoms with Crippen LogP contribution in [0.25, 0.3) is 0 Å². The van der Waals surface area contributed by atoms with Gasteiger partial charge in [0.05, 0.1) is 0 Å². The van der Waals surface area contributed by atoms with Crippen LogP contribution in [0.4, 0.5) is 0 Å². The van der Waals surface area contributed by atoms with E-state index >= 15 is 0 Å². The maximum atomic E-state index is 11.8. The van der Waals surface area contributed by atoms with Crippen LogP contribution in [0.1, 0.15) is 32.6 Å². The van der Waals surface area contributed by atoms with Crippen molar-refractivity contribution in [3.8, 4) is 0 Å². The molecule has 2 N–H and O–H groups in total. The van der Waals surface area contributed by atoms with Crippen molar-refractivity contribution in [1.82, 2.24) is 14.3 Å². The van der Waals surface area contributed by atoms with Gasteiger partial charge in [0.1, 0.15) is 0 Å². The first kappa shape index (κ1) is 13.9. The summed E-state index contributed by atoms with van der Waals surface area (Å²) in [6.45, 7) is 4.16. The van der Waals surface area contributed by atoms with Crippen molar-refractivity contribution in [3.05, 3.63) is 0 Å². The van der Waals surface area contributed by atoms with Crippen LogP contribution in [-0.4, -0.2) is 45.4 Å². The molecule has 6 heteroatoms. The van der Waals surface area contributed by atoms with Gasteiger partial charge in [0.2, 0.25) is 0 Å². The molecule has 1 rings (SSSR count). The average molecular weight is 249 g/mol. The zero-order valence-corrected chi connectivity index (χ0v) is 11.0. The fourth-order valence-corrected chi connectivity index (χ4v) is 3.07. The zero-order chi connectivity index (χ0) is 12.0. The van der Waals surface area contributed by atoms with E-state index in [2.05, 4.69) is 10.0 Å². The summed E-state index contributed by atoms with van der Waals surface area (Å²) in [7, 11) is -1.81. The van der Waals surface area contributed by atoms with Crippen LogP contribution in [0.2, 0.25) is 0 Å². The molecule has 0 spiro atoms. The molecule has 1 aliphatic heterocycles. The van der Waals surface area contributed by atoms with Gasteiger partial charge in [0.25, 0.3) is 10.2 Å². The van der Waals surface area contributed by atoms with E-state index < -0.39 is 10.2 Å². The monoisotopic (exact) mass is 249 g/mol. The van der Waals surface area contributed by atoms with E-state index in [1.165, 1.54) is 24.2 Å². The Bertz CT molecular complexity index is 286. The van der Waals surface area contributed by atoms with Gasteiger partial charge in [0, 0.05) is 26.2 Å². The maximum absolute atomic E-state index is 11.8. The summed E-state index contributed by atoms with van der Waals surface area (Å²) in [5.41, 5.74) is 0. The topological polar surface area (TPSA) is 61.4 Å². The summed E-state index contributed by atoms with van der Waals surface area (Å²) >= 11 is 0. The Labute approximate surface area is 98.8 Å². The Morgan fingerprint density at radius 2 is 2.19 bits per heavy atom. The smallest absolute Gasteiger partial charge is 0.279 e. The molecule has 0 bridgehead atoms. The number of hydrogen-bond donors (Lipinski definition) is 2. The third-order valence-electron chi connectivity index (χ3n) is 2.91. The van der Waals surface area contributed by atoms with Gasteiger partial charge in [-0.15, -0.1) is 0 Å². The maximum Gasteiger partial charge on any atom is 0.279 e. The lowest BCUT2D eigenvalue weighted by molar-refractivity contribution is 0.310. The average Bonchev–Trinajstić information content (AvgIpc) is 2.30. The summed E-state index contributed by atoms with van der Waals surface area (Å²) in [6.07, 6.45) is 4.30. The Hall–Kier alpha value is -0.170.